The van der Waals surface area contributed by atoms with Crippen molar-refractivity contribution < 1.29 is 0 Å². The minimum atomic E-state index is 0.454. The van der Waals surface area contributed by atoms with Crippen LogP contribution in [0.5, 0.6) is 0 Å². The van der Waals surface area contributed by atoms with E-state index in [1.807, 2.05) is 19.2 Å². The van der Waals surface area contributed by atoms with Crippen molar-refractivity contribution in [3.05, 3.63) is 41.6 Å². The van der Waals surface area contributed by atoms with Crippen molar-refractivity contribution >= 4 is 5.82 Å². The third-order valence-corrected chi connectivity index (χ3v) is 3.85. The first kappa shape index (κ1) is 13.0. The molecular formula is C15H19N5. The van der Waals surface area contributed by atoms with Crippen LogP contribution in [-0.4, -0.2) is 33.3 Å². The van der Waals surface area contributed by atoms with Crippen molar-refractivity contribution in [3.63, 3.8) is 0 Å². The van der Waals surface area contributed by atoms with E-state index < -0.39 is 0 Å². The van der Waals surface area contributed by atoms with E-state index in [1.54, 1.807) is 6.33 Å². The van der Waals surface area contributed by atoms with E-state index in [0.29, 0.717) is 5.92 Å². The number of rotatable bonds is 2. The summed E-state index contributed by atoms with van der Waals surface area (Å²) < 4.78 is 0. The molecule has 3 heterocycles. The lowest BCUT2D eigenvalue weighted by atomic mass is 9.92. The van der Waals surface area contributed by atoms with Gasteiger partial charge < -0.3 is 4.90 Å². The van der Waals surface area contributed by atoms with Gasteiger partial charge in [-0.05, 0) is 44.4 Å². The van der Waals surface area contributed by atoms with Gasteiger partial charge in [-0.25, -0.2) is 9.97 Å². The molecule has 1 fully saturated rings. The maximum absolute atomic E-state index is 4.47. The van der Waals surface area contributed by atoms with Crippen LogP contribution in [0.1, 0.15) is 35.7 Å². The molecule has 0 saturated carbocycles. The Morgan fingerprint density at radius 3 is 2.85 bits per heavy atom. The summed E-state index contributed by atoms with van der Waals surface area (Å²) in [5.41, 5.74) is 3.30. The van der Waals surface area contributed by atoms with Crippen LogP contribution >= 0.6 is 0 Å². The van der Waals surface area contributed by atoms with Crippen LogP contribution in [0, 0.1) is 13.8 Å². The predicted octanol–water partition coefficient (Wildman–Crippen LogP) is 2.27. The summed E-state index contributed by atoms with van der Waals surface area (Å²) in [6.07, 6.45) is 5.87. The molecule has 0 aliphatic carbocycles. The van der Waals surface area contributed by atoms with Gasteiger partial charge in [-0.1, -0.05) is 0 Å². The first-order valence-electron chi connectivity index (χ1n) is 7.06. The Bertz CT molecular complexity index is 581. The Hall–Kier alpha value is -2.04. The molecule has 0 bridgehead atoms. The van der Waals surface area contributed by atoms with Crippen LogP contribution in [-0.2, 0) is 0 Å². The van der Waals surface area contributed by atoms with E-state index >= 15 is 0 Å². The molecule has 0 radical (unpaired) electrons. The van der Waals surface area contributed by atoms with Gasteiger partial charge in [-0.3, -0.25) is 0 Å². The van der Waals surface area contributed by atoms with Crippen molar-refractivity contribution in [3.8, 4) is 0 Å². The lowest BCUT2D eigenvalue weighted by Crippen LogP contribution is -2.35. The van der Waals surface area contributed by atoms with E-state index in [9.17, 15) is 0 Å². The van der Waals surface area contributed by atoms with Crippen molar-refractivity contribution in [2.45, 2.75) is 32.6 Å². The first-order chi connectivity index (χ1) is 9.74. The molecular weight excluding hydrogens is 250 g/mol. The number of aromatic nitrogens is 4. The molecule has 3 rings (SSSR count). The van der Waals surface area contributed by atoms with Gasteiger partial charge >= 0.3 is 0 Å². The summed E-state index contributed by atoms with van der Waals surface area (Å²) in [5.74, 6) is 1.42. The van der Waals surface area contributed by atoms with E-state index in [0.717, 1.165) is 31.0 Å². The average Bonchev–Trinajstić information content (AvgIpc) is 2.49. The monoisotopic (exact) mass is 269 g/mol. The van der Waals surface area contributed by atoms with Gasteiger partial charge in [0.15, 0.2) is 5.82 Å². The highest BCUT2D eigenvalue weighted by Gasteiger charge is 2.24. The highest BCUT2D eigenvalue weighted by Crippen LogP contribution is 2.29. The molecule has 1 saturated heterocycles. The molecule has 0 spiro atoms. The number of aryl methyl sites for hydroxylation is 2. The van der Waals surface area contributed by atoms with E-state index in [2.05, 4.69) is 38.1 Å². The normalized spacial score (nSPS) is 19.1. The number of anilines is 1. The topological polar surface area (TPSA) is 54.8 Å². The van der Waals surface area contributed by atoms with Crippen LogP contribution in [0.4, 0.5) is 5.82 Å². The van der Waals surface area contributed by atoms with Gasteiger partial charge in [-0.2, -0.15) is 5.10 Å². The molecule has 1 aliphatic heterocycles. The minimum Gasteiger partial charge on any atom is -0.354 e. The zero-order chi connectivity index (χ0) is 13.9. The molecule has 0 N–H and O–H groups in total. The summed E-state index contributed by atoms with van der Waals surface area (Å²) in [6, 6.07) is 4.07. The van der Waals surface area contributed by atoms with Gasteiger partial charge in [0, 0.05) is 25.2 Å². The third-order valence-electron chi connectivity index (χ3n) is 3.85. The van der Waals surface area contributed by atoms with E-state index in [4.69, 9.17) is 0 Å². The average molecular weight is 269 g/mol. The van der Waals surface area contributed by atoms with Gasteiger partial charge in [0.05, 0.1) is 11.4 Å². The van der Waals surface area contributed by atoms with Crippen LogP contribution in [0.3, 0.4) is 0 Å². The molecule has 2 aromatic heterocycles. The quantitative estimate of drug-likeness (QED) is 0.837. The summed E-state index contributed by atoms with van der Waals surface area (Å²) in [7, 11) is 0. The highest BCUT2D eigenvalue weighted by molar-refractivity contribution is 5.39. The predicted molar refractivity (Wildman–Crippen MR) is 77.7 cm³/mol. The first-order valence-corrected chi connectivity index (χ1v) is 7.06. The Morgan fingerprint density at radius 1 is 1.20 bits per heavy atom. The Morgan fingerprint density at radius 2 is 2.10 bits per heavy atom. The van der Waals surface area contributed by atoms with Crippen LogP contribution in [0.25, 0.3) is 0 Å². The second-order valence-corrected chi connectivity index (χ2v) is 5.41. The van der Waals surface area contributed by atoms with Gasteiger partial charge in [0.2, 0.25) is 0 Å². The molecule has 0 aromatic carbocycles. The number of hydrogen-bond acceptors (Lipinski definition) is 5. The van der Waals surface area contributed by atoms with Gasteiger partial charge in [0.1, 0.15) is 6.33 Å². The van der Waals surface area contributed by atoms with E-state index in [-0.39, 0.29) is 0 Å². The molecule has 1 unspecified atom stereocenters. The molecule has 1 aliphatic rings. The number of nitrogens with zero attached hydrogens (tertiary/aromatic N) is 5. The highest BCUT2D eigenvalue weighted by atomic mass is 15.3. The van der Waals surface area contributed by atoms with E-state index in [1.165, 1.54) is 17.7 Å². The fraction of sp³-hybridized carbons (Fsp3) is 0.467. The minimum absolute atomic E-state index is 0.454. The summed E-state index contributed by atoms with van der Waals surface area (Å²) >= 11 is 0. The fourth-order valence-electron chi connectivity index (χ4n) is 2.80. The largest absolute Gasteiger partial charge is 0.354 e. The number of piperidine rings is 1. The lowest BCUT2D eigenvalue weighted by molar-refractivity contribution is 0.494. The van der Waals surface area contributed by atoms with Crippen molar-refractivity contribution in [1.82, 2.24) is 20.2 Å². The smallest absolute Gasteiger partial charge is 0.151 e. The molecule has 1 atom stereocenters. The van der Waals surface area contributed by atoms with Crippen LogP contribution < -0.4 is 4.90 Å². The second-order valence-electron chi connectivity index (χ2n) is 5.41. The Labute approximate surface area is 119 Å². The molecule has 0 amide bonds. The van der Waals surface area contributed by atoms with Crippen molar-refractivity contribution in [2.24, 2.45) is 0 Å². The molecule has 5 nitrogen and oxygen atoms in total. The number of hydrogen-bond donors (Lipinski definition) is 0. The molecule has 104 valence electrons. The van der Waals surface area contributed by atoms with Crippen LogP contribution in [0.15, 0.2) is 24.7 Å². The molecule has 20 heavy (non-hydrogen) atoms. The van der Waals surface area contributed by atoms with Crippen molar-refractivity contribution in [2.75, 3.05) is 18.0 Å². The summed E-state index contributed by atoms with van der Waals surface area (Å²) in [5, 5.41) is 8.45. The Kier molecular flexibility index (Phi) is 3.58. The fourth-order valence-corrected chi connectivity index (χ4v) is 2.80. The zero-order valence-corrected chi connectivity index (χ0v) is 12.0. The van der Waals surface area contributed by atoms with Crippen LogP contribution in [0.2, 0.25) is 0 Å². The van der Waals surface area contributed by atoms with Gasteiger partial charge in [-0.15, -0.1) is 5.10 Å². The maximum Gasteiger partial charge on any atom is 0.151 e. The zero-order valence-electron chi connectivity index (χ0n) is 12.0. The lowest BCUT2D eigenvalue weighted by Gasteiger charge is -2.33. The Balaban J connectivity index is 1.80. The standard InChI is InChI=1S/C15H19N5/c1-11-8-16-10-17-15(11)13-4-3-7-20(9-13)14-6-5-12(2)18-19-14/h5-6,8,10,13H,3-4,7,9H2,1-2H3. The molecule has 2 aromatic rings. The SMILES string of the molecule is Cc1ccc(N2CCCC(c3ncncc3C)C2)nn1. The third kappa shape index (κ3) is 2.61. The maximum atomic E-state index is 4.47. The summed E-state index contributed by atoms with van der Waals surface area (Å²) in [6.45, 7) is 6.04. The van der Waals surface area contributed by atoms with Crippen molar-refractivity contribution in [1.29, 1.82) is 0 Å². The summed E-state index contributed by atoms with van der Waals surface area (Å²) in [4.78, 5) is 10.9. The molecule has 5 heteroatoms. The second kappa shape index (κ2) is 5.53. The van der Waals surface area contributed by atoms with Gasteiger partial charge in [0.25, 0.3) is 0 Å².